The van der Waals surface area contributed by atoms with E-state index in [0.29, 0.717) is 12.4 Å². The normalized spacial score (nSPS) is 10.5. The predicted octanol–water partition coefficient (Wildman–Crippen LogP) is 1.26. The van der Waals surface area contributed by atoms with Crippen LogP contribution in [-0.4, -0.2) is 25.5 Å². The Bertz CT molecular complexity index is 538. The van der Waals surface area contributed by atoms with Crippen molar-refractivity contribution >= 4 is 5.78 Å². The smallest absolute Gasteiger partial charge is 0.172 e. The van der Waals surface area contributed by atoms with Crippen LogP contribution in [0.5, 0.6) is 0 Å². The number of hydrogen-bond acceptors (Lipinski definition) is 4. The van der Waals surface area contributed by atoms with Gasteiger partial charge in [0.25, 0.3) is 0 Å². The van der Waals surface area contributed by atoms with E-state index < -0.39 is 5.82 Å². The highest BCUT2D eigenvalue weighted by Crippen LogP contribution is 2.06. The van der Waals surface area contributed by atoms with Crippen LogP contribution in [0.4, 0.5) is 4.39 Å². The minimum atomic E-state index is -0.521. The number of aromatic nitrogens is 4. The molecule has 5 nitrogen and oxygen atoms in total. The second-order valence-corrected chi connectivity index (χ2v) is 3.48. The van der Waals surface area contributed by atoms with Crippen LogP contribution in [0.25, 0.3) is 0 Å². The number of pyridine rings is 1. The summed E-state index contributed by atoms with van der Waals surface area (Å²) in [6.45, 7) is 2.55. The second-order valence-electron chi connectivity index (χ2n) is 3.48. The maximum Gasteiger partial charge on any atom is 0.172 e. The molecule has 0 saturated carbocycles. The molecule has 0 radical (unpaired) electrons. The zero-order valence-electron chi connectivity index (χ0n) is 9.30. The lowest BCUT2D eigenvalue weighted by molar-refractivity contribution is 0.0988. The van der Waals surface area contributed by atoms with E-state index in [1.807, 2.05) is 6.92 Å². The lowest BCUT2D eigenvalue weighted by atomic mass is 10.1. The Hall–Kier alpha value is -2.11. The minimum absolute atomic E-state index is 0.0962. The molecule has 0 aliphatic heterocycles. The van der Waals surface area contributed by atoms with E-state index in [2.05, 4.69) is 15.1 Å². The van der Waals surface area contributed by atoms with Gasteiger partial charge in [-0.25, -0.2) is 14.1 Å². The number of nitrogens with zero attached hydrogens (tertiary/aromatic N) is 4. The Labute approximate surface area is 97.3 Å². The predicted molar refractivity (Wildman–Crippen MR) is 57.9 cm³/mol. The monoisotopic (exact) mass is 234 g/mol. The lowest BCUT2D eigenvalue weighted by Crippen LogP contribution is -2.11. The summed E-state index contributed by atoms with van der Waals surface area (Å²) in [6, 6.07) is 1.17. The first-order valence-corrected chi connectivity index (χ1v) is 5.21. The summed E-state index contributed by atoms with van der Waals surface area (Å²) in [5.41, 5.74) is 0.246. The van der Waals surface area contributed by atoms with E-state index >= 15 is 0 Å². The highest BCUT2D eigenvalue weighted by Gasteiger charge is 2.12. The van der Waals surface area contributed by atoms with E-state index in [0.717, 1.165) is 6.20 Å². The molecule has 2 heterocycles. The molecule has 0 aromatic carbocycles. The third-order valence-corrected chi connectivity index (χ3v) is 2.34. The third-order valence-electron chi connectivity index (χ3n) is 2.34. The van der Waals surface area contributed by atoms with E-state index in [-0.39, 0.29) is 17.8 Å². The second kappa shape index (κ2) is 4.82. The zero-order valence-corrected chi connectivity index (χ0v) is 9.30. The van der Waals surface area contributed by atoms with Crippen LogP contribution in [0.3, 0.4) is 0 Å². The van der Waals surface area contributed by atoms with Crippen LogP contribution in [0.1, 0.15) is 23.1 Å². The first-order valence-electron chi connectivity index (χ1n) is 5.21. The van der Waals surface area contributed by atoms with Gasteiger partial charge in [-0.1, -0.05) is 0 Å². The van der Waals surface area contributed by atoms with Gasteiger partial charge in [-0.15, -0.1) is 0 Å². The topological polar surface area (TPSA) is 60.7 Å². The molecule has 0 atom stereocenters. The number of carbonyl (C=O) groups excluding carboxylic acids is 1. The fourth-order valence-corrected chi connectivity index (χ4v) is 1.50. The molecule has 0 aliphatic rings. The van der Waals surface area contributed by atoms with E-state index in [4.69, 9.17) is 0 Å². The van der Waals surface area contributed by atoms with Crippen LogP contribution in [0.15, 0.2) is 24.8 Å². The Morgan fingerprint density at radius 2 is 2.29 bits per heavy atom. The van der Waals surface area contributed by atoms with Gasteiger partial charge in [0.2, 0.25) is 0 Å². The molecule has 0 spiro atoms. The number of aryl methyl sites for hydroxylation is 1. The fourth-order valence-electron chi connectivity index (χ4n) is 1.50. The maximum absolute atomic E-state index is 12.9. The fraction of sp³-hybridized carbons (Fsp3) is 0.273. The van der Waals surface area contributed by atoms with Crippen LogP contribution < -0.4 is 0 Å². The molecule has 0 bridgehead atoms. The van der Waals surface area contributed by atoms with Crippen LogP contribution in [0, 0.1) is 5.82 Å². The molecule has 2 rings (SSSR count). The van der Waals surface area contributed by atoms with Crippen molar-refractivity contribution in [1.82, 2.24) is 19.7 Å². The zero-order chi connectivity index (χ0) is 12.3. The average molecular weight is 234 g/mol. The summed E-state index contributed by atoms with van der Waals surface area (Å²) in [6.07, 6.45) is 3.90. The molecule has 0 N–H and O–H groups in total. The average Bonchev–Trinajstić information content (AvgIpc) is 2.76. The Morgan fingerprint density at radius 1 is 1.47 bits per heavy atom. The van der Waals surface area contributed by atoms with Gasteiger partial charge < -0.3 is 0 Å². The van der Waals surface area contributed by atoms with Gasteiger partial charge in [-0.05, 0) is 13.0 Å². The molecular weight excluding hydrogens is 223 g/mol. The molecule has 2 aromatic heterocycles. The molecule has 0 unspecified atom stereocenters. The van der Waals surface area contributed by atoms with Gasteiger partial charge in [0.15, 0.2) is 5.78 Å². The van der Waals surface area contributed by atoms with Gasteiger partial charge >= 0.3 is 0 Å². The van der Waals surface area contributed by atoms with Gasteiger partial charge in [0, 0.05) is 18.3 Å². The molecule has 2 aromatic rings. The third kappa shape index (κ3) is 2.52. The Morgan fingerprint density at radius 3 is 3.00 bits per heavy atom. The molecule has 17 heavy (non-hydrogen) atoms. The first kappa shape index (κ1) is 11.4. The summed E-state index contributed by atoms with van der Waals surface area (Å²) in [5.74, 6) is -0.172. The van der Waals surface area contributed by atoms with Crippen molar-refractivity contribution in [1.29, 1.82) is 0 Å². The largest absolute Gasteiger partial charge is 0.294 e. The standard InChI is InChI=1S/C11H11FN4O/c1-2-16-11(14-7-15-16)4-10(17)8-3-9(12)6-13-5-8/h3,5-7H,2,4H2,1H3. The Balaban J connectivity index is 2.17. The molecule has 0 fully saturated rings. The van der Waals surface area contributed by atoms with Crippen LogP contribution in [0.2, 0.25) is 0 Å². The summed E-state index contributed by atoms with van der Waals surface area (Å²) >= 11 is 0. The number of carbonyl (C=O) groups is 1. The molecule has 88 valence electrons. The molecule has 0 saturated heterocycles. The van der Waals surface area contributed by atoms with E-state index in [9.17, 15) is 9.18 Å². The lowest BCUT2D eigenvalue weighted by Gasteiger charge is -2.02. The summed E-state index contributed by atoms with van der Waals surface area (Å²) < 4.78 is 14.5. The Kier molecular flexibility index (Phi) is 3.22. The number of halogens is 1. The van der Waals surface area contributed by atoms with E-state index in [1.54, 1.807) is 4.68 Å². The maximum atomic E-state index is 12.9. The van der Waals surface area contributed by atoms with Crippen molar-refractivity contribution < 1.29 is 9.18 Å². The first-order chi connectivity index (χ1) is 8.20. The number of Topliss-reactive ketones (excluding diaryl/α,β-unsaturated/α-hetero) is 1. The minimum Gasteiger partial charge on any atom is -0.294 e. The van der Waals surface area contributed by atoms with Gasteiger partial charge in [0.05, 0.1) is 12.6 Å². The van der Waals surface area contributed by atoms with Crippen molar-refractivity contribution in [2.75, 3.05) is 0 Å². The molecule has 6 heteroatoms. The van der Waals surface area contributed by atoms with Crippen molar-refractivity contribution in [3.63, 3.8) is 0 Å². The number of rotatable bonds is 4. The van der Waals surface area contributed by atoms with Gasteiger partial charge in [-0.2, -0.15) is 5.10 Å². The SMILES string of the molecule is CCn1ncnc1CC(=O)c1cncc(F)c1. The number of ketones is 1. The van der Waals surface area contributed by atoms with Crippen molar-refractivity contribution in [2.45, 2.75) is 19.9 Å². The van der Waals surface area contributed by atoms with Crippen molar-refractivity contribution in [3.05, 3.63) is 42.0 Å². The van der Waals surface area contributed by atoms with Gasteiger partial charge in [0.1, 0.15) is 18.0 Å². The molecule has 0 amide bonds. The van der Waals surface area contributed by atoms with Crippen molar-refractivity contribution in [3.8, 4) is 0 Å². The summed E-state index contributed by atoms with van der Waals surface area (Å²) in [7, 11) is 0. The molecular formula is C11H11FN4O. The molecule has 0 aliphatic carbocycles. The van der Waals surface area contributed by atoms with Crippen LogP contribution >= 0.6 is 0 Å². The summed E-state index contributed by atoms with van der Waals surface area (Å²) in [5, 5.41) is 3.96. The van der Waals surface area contributed by atoms with Gasteiger partial charge in [-0.3, -0.25) is 9.78 Å². The van der Waals surface area contributed by atoms with Crippen LogP contribution in [-0.2, 0) is 13.0 Å². The highest BCUT2D eigenvalue weighted by atomic mass is 19.1. The number of hydrogen-bond donors (Lipinski definition) is 0. The van der Waals surface area contributed by atoms with E-state index in [1.165, 1.54) is 18.6 Å². The summed E-state index contributed by atoms with van der Waals surface area (Å²) in [4.78, 5) is 19.5. The quantitative estimate of drug-likeness (QED) is 0.747. The highest BCUT2D eigenvalue weighted by molar-refractivity contribution is 5.96. The van der Waals surface area contributed by atoms with Crippen molar-refractivity contribution in [2.24, 2.45) is 0 Å².